The van der Waals surface area contributed by atoms with E-state index in [1.165, 1.54) is 4.90 Å². The van der Waals surface area contributed by atoms with Crippen LogP contribution in [0.15, 0.2) is 29.8 Å². The van der Waals surface area contributed by atoms with Gasteiger partial charge in [0.2, 0.25) is 5.60 Å². The van der Waals surface area contributed by atoms with Crippen LogP contribution in [0.4, 0.5) is 10.5 Å². The van der Waals surface area contributed by atoms with Crippen molar-refractivity contribution >= 4 is 34.9 Å². The molecule has 10 nitrogen and oxygen atoms in total. The Hall–Kier alpha value is -3.18. The number of aliphatic hydroxyl groups excluding tert-OH is 1. The Kier molecular flexibility index (Phi) is 8.66. The molecule has 0 unspecified atom stereocenters. The Morgan fingerprint density at radius 2 is 1.74 bits per heavy atom. The fourth-order valence-corrected chi connectivity index (χ4v) is 6.47. The van der Waals surface area contributed by atoms with Gasteiger partial charge in [-0.15, -0.1) is 11.3 Å². The van der Waals surface area contributed by atoms with Gasteiger partial charge in [0.25, 0.3) is 11.8 Å². The van der Waals surface area contributed by atoms with E-state index in [1.54, 1.807) is 57.9 Å². The third-order valence-corrected chi connectivity index (χ3v) is 8.24. The molecule has 4 N–H and O–H groups in total. The van der Waals surface area contributed by atoms with Gasteiger partial charge in [-0.05, 0) is 31.5 Å². The number of carbonyl (C=O) groups excluding carboxylic acids is 3. The van der Waals surface area contributed by atoms with Gasteiger partial charge in [0.05, 0.1) is 27.9 Å². The highest BCUT2D eigenvalue weighted by Gasteiger charge is 2.62. The Balaban J connectivity index is 1.89. The van der Waals surface area contributed by atoms with Crippen LogP contribution in [-0.4, -0.2) is 63.7 Å². The lowest BCUT2D eigenvalue weighted by Crippen LogP contribution is -2.67. The number of amides is 3. The molecule has 1 saturated heterocycles. The van der Waals surface area contributed by atoms with Gasteiger partial charge < -0.3 is 20.5 Å². The van der Waals surface area contributed by atoms with E-state index in [2.05, 4.69) is 10.4 Å². The van der Waals surface area contributed by atoms with Crippen LogP contribution in [0.3, 0.4) is 0 Å². The summed E-state index contributed by atoms with van der Waals surface area (Å²) in [5, 5.41) is 12.2. The van der Waals surface area contributed by atoms with Crippen molar-refractivity contribution in [3.8, 4) is 10.4 Å². The van der Waals surface area contributed by atoms with Gasteiger partial charge in [0, 0.05) is 30.3 Å². The number of aryl methyl sites for hydroxylation is 1. The third kappa shape index (κ3) is 5.89. The van der Waals surface area contributed by atoms with Crippen molar-refractivity contribution in [1.82, 2.24) is 15.3 Å². The average Bonchev–Trinajstić information content (AvgIpc) is 3.44. The molecule has 1 fully saturated rings. The van der Waals surface area contributed by atoms with Crippen LogP contribution in [0.25, 0.3) is 10.4 Å². The van der Waals surface area contributed by atoms with Crippen LogP contribution in [0.2, 0.25) is 0 Å². The lowest BCUT2D eigenvalue weighted by atomic mass is 9.61. The minimum atomic E-state index is -1.69. The minimum Gasteiger partial charge on any atom is -0.432 e. The van der Waals surface area contributed by atoms with E-state index < -0.39 is 46.5 Å². The molecule has 0 spiro atoms. The molecule has 2 atom stereocenters. The second-order valence-corrected chi connectivity index (χ2v) is 12.9. The van der Waals surface area contributed by atoms with Gasteiger partial charge in [0.1, 0.15) is 6.04 Å². The predicted octanol–water partition coefficient (Wildman–Crippen LogP) is 3.86. The zero-order valence-corrected chi connectivity index (χ0v) is 24.9. The maximum absolute atomic E-state index is 14.2. The van der Waals surface area contributed by atoms with Crippen LogP contribution >= 0.6 is 11.3 Å². The largest absolute Gasteiger partial charge is 0.432 e. The fourth-order valence-electron chi connectivity index (χ4n) is 5.66. The quantitative estimate of drug-likeness (QED) is 0.438. The first kappa shape index (κ1) is 30.4. The molecule has 0 radical (unpaired) electrons. The van der Waals surface area contributed by atoms with E-state index in [4.69, 9.17) is 10.5 Å². The Bertz CT molecular complexity index is 1180. The Morgan fingerprint density at radius 1 is 1.15 bits per heavy atom. The molecule has 214 valence electrons. The zero-order valence-electron chi connectivity index (χ0n) is 24.1. The van der Waals surface area contributed by atoms with Gasteiger partial charge >= 0.3 is 6.09 Å². The van der Waals surface area contributed by atoms with Crippen LogP contribution in [-0.2, 0) is 14.3 Å². The summed E-state index contributed by atoms with van der Waals surface area (Å²) in [5.74, 6) is -1.01. The number of hydrogen-bond donors (Lipinski definition) is 3. The van der Waals surface area contributed by atoms with E-state index in [9.17, 15) is 19.5 Å². The van der Waals surface area contributed by atoms with Crippen LogP contribution in [0, 0.1) is 17.8 Å². The summed E-state index contributed by atoms with van der Waals surface area (Å²) >= 11 is 1.57. The first-order valence-corrected chi connectivity index (χ1v) is 14.0. The van der Waals surface area contributed by atoms with Crippen molar-refractivity contribution in [1.29, 1.82) is 0 Å². The number of aliphatic hydroxyl groups is 1. The van der Waals surface area contributed by atoms with Crippen molar-refractivity contribution < 1.29 is 24.2 Å². The summed E-state index contributed by atoms with van der Waals surface area (Å²) in [6.07, 6.45) is -1.93. The number of benzene rings is 1. The summed E-state index contributed by atoms with van der Waals surface area (Å²) in [5.41, 5.74) is 9.50. The van der Waals surface area contributed by atoms with Crippen molar-refractivity contribution in [3.63, 3.8) is 0 Å². The molecular weight excluding hydrogens is 518 g/mol. The van der Waals surface area contributed by atoms with E-state index in [0.717, 1.165) is 21.8 Å². The van der Waals surface area contributed by atoms with Crippen molar-refractivity contribution in [2.75, 3.05) is 18.1 Å². The number of β-amino-alcohol motifs (C(OH)–C–C–N with tert-alkyl or cyclic N) is 1. The molecule has 1 aromatic carbocycles. The maximum atomic E-state index is 14.2. The highest BCUT2D eigenvalue weighted by Crippen LogP contribution is 2.49. The van der Waals surface area contributed by atoms with Gasteiger partial charge in [-0.3, -0.25) is 20.0 Å². The van der Waals surface area contributed by atoms with Gasteiger partial charge in [-0.25, -0.2) is 9.78 Å². The normalized spacial score (nSPS) is 18.1. The standard InChI is InChI=1S/C28H41N5O5S/c1-9-33(19-12-10-18(11-13-19)22-17(2)30-16-39-22)31-23(35)21-14-20(34)15-32(21)24(36)28(26(3,4)5,27(6,7)8)38-25(29)37/h10-13,16,20-21,34H,9,14-15H2,1-8H3,(H2,29,37)(H,31,35)/t20-,21+/m1/s1. The highest BCUT2D eigenvalue weighted by molar-refractivity contribution is 7.13. The second kappa shape index (κ2) is 11.1. The average molecular weight is 560 g/mol. The lowest BCUT2D eigenvalue weighted by molar-refractivity contribution is -0.186. The van der Waals surface area contributed by atoms with E-state index in [0.29, 0.717) is 6.54 Å². The molecular formula is C28H41N5O5S. The first-order chi connectivity index (χ1) is 18.0. The van der Waals surface area contributed by atoms with Crippen LogP contribution in [0.1, 0.15) is 60.6 Å². The number of ether oxygens (including phenoxy) is 1. The number of carbonyl (C=O) groups is 3. The number of aromatic nitrogens is 1. The third-order valence-electron chi connectivity index (χ3n) is 7.26. The van der Waals surface area contributed by atoms with Gasteiger partial charge in [-0.2, -0.15) is 0 Å². The molecule has 0 aliphatic carbocycles. The van der Waals surface area contributed by atoms with Crippen molar-refractivity contribution in [2.45, 2.75) is 79.6 Å². The SMILES string of the molecule is CCN(NC(=O)[C@@H]1C[C@@H](O)CN1C(=O)C(OC(N)=O)(C(C)(C)C)C(C)(C)C)c1ccc(-c2scnc2C)cc1. The Morgan fingerprint density at radius 3 is 2.21 bits per heavy atom. The number of hydrogen-bond acceptors (Lipinski definition) is 8. The number of primary amides is 1. The first-order valence-electron chi connectivity index (χ1n) is 13.1. The number of thiazole rings is 1. The highest BCUT2D eigenvalue weighted by atomic mass is 32.1. The molecule has 1 aliphatic rings. The molecule has 0 saturated carbocycles. The molecule has 1 aromatic heterocycles. The fraction of sp³-hybridized carbons (Fsp3) is 0.571. The number of hydrazine groups is 1. The number of nitrogens with zero attached hydrogens (tertiary/aromatic N) is 3. The molecule has 11 heteroatoms. The van der Waals surface area contributed by atoms with Crippen LogP contribution in [0.5, 0.6) is 0 Å². The zero-order chi connectivity index (χ0) is 29.3. The second-order valence-electron chi connectivity index (χ2n) is 12.0. The topological polar surface area (TPSA) is 138 Å². The monoisotopic (exact) mass is 559 g/mol. The van der Waals surface area contributed by atoms with E-state index in [-0.39, 0.29) is 13.0 Å². The number of rotatable bonds is 7. The van der Waals surface area contributed by atoms with E-state index >= 15 is 0 Å². The maximum Gasteiger partial charge on any atom is 0.405 e. The number of nitrogens with two attached hydrogens (primary N) is 1. The Labute approximate surface area is 234 Å². The number of likely N-dealkylation sites (tertiary alicyclic amines) is 1. The molecule has 0 bridgehead atoms. The minimum absolute atomic E-state index is 0.0552. The summed E-state index contributed by atoms with van der Waals surface area (Å²) in [4.78, 5) is 46.6. The molecule has 2 aromatic rings. The molecule has 3 amide bonds. The summed E-state index contributed by atoms with van der Waals surface area (Å²) in [6.45, 7) is 15.0. The van der Waals surface area contributed by atoms with Gasteiger partial charge in [0.15, 0.2) is 0 Å². The van der Waals surface area contributed by atoms with E-state index in [1.807, 2.05) is 43.6 Å². The van der Waals surface area contributed by atoms with Crippen LogP contribution < -0.4 is 16.2 Å². The molecule has 3 rings (SSSR count). The van der Waals surface area contributed by atoms with Gasteiger partial charge in [-0.1, -0.05) is 53.7 Å². The molecule has 39 heavy (non-hydrogen) atoms. The van der Waals surface area contributed by atoms with Crippen molar-refractivity contribution in [3.05, 3.63) is 35.5 Å². The summed E-state index contributed by atoms with van der Waals surface area (Å²) < 4.78 is 5.65. The van der Waals surface area contributed by atoms with Crippen molar-refractivity contribution in [2.24, 2.45) is 16.6 Å². The smallest absolute Gasteiger partial charge is 0.405 e. The molecule has 1 aliphatic heterocycles. The molecule has 2 heterocycles. The predicted molar refractivity (Wildman–Crippen MR) is 152 cm³/mol. The summed E-state index contributed by atoms with van der Waals surface area (Å²) in [7, 11) is 0. The number of anilines is 1. The lowest BCUT2D eigenvalue weighted by Gasteiger charge is -2.51. The summed E-state index contributed by atoms with van der Waals surface area (Å²) in [6, 6.07) is 6.80. The number of nitrogens with one attached hydrogen (secondary N) is 1.